The molecule has 0 spiro atoms. The molecule has 1 aromatic carbocycles. The number of hydrogen-bond donors (Lipinski definition) is 2. The minimum Gasteiger partial charge on any atom is -0.384 e. The van der Waals surface area contributed by atoms with Crippen LogP contribution in [0.1, 0.15) is 24.7 Å². The van der Waals surface area contributed by atoms with Gasteiger partial charge in [0.05, 0.1) is 34.9 Å². The van der Waals surface area contributed by atoms with Crippen LogP contribution in [0.25, 0.3) is 16.9 Å². The summed E-state index contributed by atoms with van der Waals surface area (Å²) in [4.78, 5) is 41.0. The average molecular weight is 509 g/mol. The van der Waals surface area contributed by atoms with Crippen LogP contribution in [0.4, 0.5) is 15.9 Å². The molecule has 2 saturated heterocycles. The fraction of sp³-hybridized carbons (Fsp3) is 0.227. The molecule has 0 radical (unpaired) electrons. The molecule has 0 bridgehead atoms. The molecule has 4 aromatic rings. The Morgan fingerprint density at radius 1 is 1.11 bits per heavy atom. The molecule has 2 amide bonds. The maximum atomic E-state index is 14.3. The maximum Gasteiger partial charge on any atom is 0.250 e. The summed E-state index contributed by atoms with van der Waals surface area (Å²) in [7, 11) is 0. The number of amides is 2. The number of rotatable bonds is 4. The lowest BCUT2D eigenvalue weighted by atomic mass is 10.1. The Labute approximate surface area is 207 Å². The third kappa shape index (κ3) is 3.55. The molecule has 2 atom stereocenters. The number of benzene rings is 1. The number of tetrazole rings is 1. The van der Waals surface area contributed by atoms with Gasteiger partial charge in [0.15, 0.2) is 0 Å². The Morgan fingerprint density at radius 3 is 2.72 bits per heavy atom. The second-order valence-electron chi connectivity index (χ2n) is 8.48. The first-order valence-electron chi connectivity index (χ1n) is 11.0. The zero-order chi connectivity index (χ0) is 25.0. The lowest BCUT2D eigenvalue weighted by Gasteiger charge is -2.39. The molecule has 1 unspecified atom stereocenters. The van der Waals surface area contributed by atoms with Crippen LogP contribution in [0, 0.1) is 5.95 Å². The monoisotopic (exact) mass is 508 g/mol. The number of nitrogen functional groups attached to an aromatic ring is 1. The molecule has 0 aliphatic carbocycles. The van der Waals surface area contributed by atoms with E-state index in [9.17, 15) is 14.0 Å². The topological polar surface area (TPSA) is 152 Å². The number of H-pyrrole nitrogens is 1. The Morgan fingerprint density at radius 2 is 1.94 bits per heavy atom. The zero-order valence-electron chi connectivity index (χ0n) is 18.5. The summed E-state index contributed by atoms with van der Waals surface area (Å²) in [5.41, 5.74) is 7.10. The first-order valence-corrected chi connectivity index (χ1v) is 11.4. The Bertz CT molecular complexity index is 1490. The lowest BCUT2D eigenvalue weighted by Crippen LogP contribution is -2.58. The van der Waals surface area contributed by atoms with Crippen molar-refractivity contribution in [3.05, 3.63) is 59.7 Å². The van der Waals surface area contributed by atoms with E-state index in [-0.39, 0.29) is 29.7 Å². The van der Waals surface area contributed by atoms with Crippen molar-refractivity contribution in [1.82, 2.24) is 40.1 Å². The fourth-order valence-corrected chi connectivity index (χ4v) is 4.98. The van der Waals surface area contributed by atoms with Crippen molar-refractivity contribution in [2.45, 2.75) is 24.9 Å². The van der Waals surface area contributed by atoms with Crippen LogP contribution in [-0.2, 0) is 9.59 Å². The molecule has 5 heterocycles. The van der Waals surface area contributed by atoms with Crippen LogP contribution in [-0.4, -0.2) is 64.5 Å². The highest BCUT2D eigenvalue weighted by Crippen LogP contribution is 2.40. The highest BCUT2D eigenvalue weighted by molar-refractivity contribution is 6.31. The molecule has 6 rings (SSSR count). The number of hydrogen-bond acceptors (Lipinski definition) is 8. The van der Waals surface area contributed by atoms with Crippen LogP contribution in [0.15, 0.2) is 42.9 Å². The average Bonchev–Trinajstić information content (AvgIpc) is 3.62. The number of carbonyl (C=O) groups excluding carboxylic acids is 2. The van der Waals surface area contributed by atoms with E-state index in [0.29, 0.717) is 40.8 Å². The second-order valence-corrected chi connectivity index (χ2v) is 8.91. The Balaban J connectivity index is 1.30. The van der Waals surface area contributed by atoms with Crippen molar-refractivity contribution in [2.75, 3.05) is 17.2 Å². The second kappa shape index (κ2) is 8.37. The SMILES string of the molecule is Nc1ccc(-c2cnc(C3CC[C@@H]4C(=O)N(c5cc(Cl)ccc5-n5cnnn5)CC(=O)N34)[nH]2)c(F)n1. The van der Waals surface area contributed by atoms with Crippen molar-refractivity contribution >= 4 is 34.9 Å². The molecule has 2 fully saturated rings. The number of aromatic amines is 1. The maximum absolute atomic E-state index is 14.3. The molecule has 2 aliphatic rings. The normalized spacial score (nSPS) is 19.7. The number of nitrogens with two attached hydrogens (primary N) is 1. The minimum atomic E-state index is -0.728. The first-order chi connectivity index (χ1) is 17.4. The lowest BCUT2D eigenvalue weighted by molar-refractivity contribution is -0.143. The third-order valence-electron chi connectivity index (χ3n) is 6.41. The van der Waals surface area contributed by atoms with Gasteiger partial charge in [-0.1, -0.05) is 11.6 Å². The number of pyridine rings is 1. The number of imidazole rings is 1. The van der Waals surface area contributed by atoms with Gasteiger partial charge >= 0.3 is 0 Å². The molecular formula is C22H18ClFN10O2. The van der Waals surface area contributed by atoms with E-state index < -0.39 is 18.0 Å². The van der Waals surface area contributed by atoms with Crippen LogP contribution >= 0.6 is 11.6 Å². The largest absolute Gasteiger partial charge is 0.384 e. The summed E-state index contributed by atoms with van der Waals surface area (Å²) in [6.07, 6.45) is 3.84. The number of anilines is 2. The molecule has 36 heavy (non-hydrogen) atoms. The summed E-state index contributed by atoms with van der Waals surface area (Å²) in [5.74, 6) is -0.679. The smallest absolute Gasteiger partial charge is 0.250 e. The summed E-state index contributed by atoms with van der Waals surface area (Å²) in [6.45, 7) is -0.189. The summed E-state index contributed by atoms with van der Waals surface area (Å²) >= 11 is 6.22. The number of piperazine rings is 1. The van der Waals surface area contributed by atoms with E-state index in [2.05, 4.69) is 30.5 Å². The van der Waals surface area contributed by atoms with Crippen molar-refractivity contribution in [2.24, 2.45) is 0 Å². The highest BCUT2D eigenvalue weighted by Gasteiger charge is 2.49. The van der Waals surface area contributed by atoms with Gasteiger partial charge in [-0.15, -0.1) is 5.10 Å². The molecule has 2 aliphatic heterocycles. The standard InChI is InChI=1S/C22H18ClFN10O2/c23-11-1-3-14(33-10-27-30-31-33)17(7-11)32-9-19(35)34-15(4-5-16(34)22(32)36)21-26-8-13(28-21)12-2-6-18(25)29-20(12)24/h1-3,6-8,10,15-16H,4-5,9H2,(H2,25,29)(H,26,28)/t15?,16-/m1/s1. The van der Waals surface area contributed by atoms with Gasteiger partial charge in [-0.05, 0) is 53.6 Å². The van der Waals surface area contributed by atoms with Crippen molar-refractivity contribution in [3.8, 4) is 16.9 Å². The zero-order valence-corrected chi connectivity index (χ0v) is 19.3. The summed E-state index contributed by atoms with van der Waals surface area (Å²) < 4.78 is 15.7. The van der Waals surface area contributed by atoms with Crippen molar-refractivity contribution in [3.63, 3.8) is 0 Å². The van der Waals surface area contributed by atoms with Gasteiger partial charge in [-0.2, -0.15) is 9.07 Å². The molecule has 0 saturated carbocycles. The number of nitrogens with zero attached hydrogens (tertiary/aromatic N) is 8. The third-order valence-corrected chi connectivity index (χ3v) is 6.65. The quantitative estimate of drug-likeness (QED) is 0.396. The molecule has 14 heteroatoms. The first kappa shape index (κ1) is 22.1. The molecule has 3 aromatic heterocycles. The molecule has 3 N–H and O–H groups in total. The van der Waals surface area contributed by atoms with Gasteiger partial charge in [-0.3, -0.25) is 14.5 Å². The van der Waals surface area contributed by atoms with Gasteiger partial charge in [0, 0.05) is 5.02 Å². The van der Waals surface area contributed by atoms with E-state index >= 15 is 0 Å². The van der Waals surface area contributed by atoms with E-state index in [1.165, 1.54) is 34.2 Å². The van der Waals surface area contributed by atoms with Gasteiger partial charge < -0.3 is 15.6 Å². The Kier molecular flexibility index (Phi) is 5.14. The molecular weight excluding hydrogens is 491 g/mol. The minimum absolute atomic E-state index is 0.0690. The molecule has 12 nitrogen and oxygen atoms in total. The van der Waals surface area contributed by atoms with Gasteiger partial charge in [-0.25, -0.2) is 9.97 Å². The number of aromatic nitrogens is 7. The fourth-order valence-electron chi connectivity index (χ4n) is 4.82. The number of carbonyl (C=O) groups is 2. The van der Waals surface area contributed by atoms with Crippen LogP contribution in [0.5, 0.6) is 0 Å². The van der Waals surface area contributed by atoms with E-state index in [4.69, 9.17) is 17.3 Å². The van der Waals surface area contributed by atoms with Crippen LogP contribution < -0.4 is 10.6 Å². The molecule has 182 valence electrons. The predicted molar refractivity (Wildman–Crippen MR) is 125 cm³/mol. The predicted octanol–water partition coefficient (Wildman–Crippen LogP) is 1.90. The number of fused-ring (bicyclic) bond motifs is 1. The number of nitrogens with one attached hydrogen (secondary N) is 1. The highest BCUT2D eigenvalue weighted by atomic mass is 35.5. The van der Waals surface area contributed by atoms with Gasteiger partial charge in [0.1, 0.15) is 30.6 Å². The van der Waals surface area contributed by atoms with Gasteiger partial charge in [0.25, 0.3) is 0 Å². The Hall–Kier alpha value is -4.39. The summed E-state index contributed by atoms with van der Waals surface area (Å²) in [5, 5.41) is 11.6. The van der Waals surface area contributed by atoms with Crippen LogP contribution in [0.2, 0.25) is 5.02 Å². The summed E-state index contributed by atoms with van der Waals surface area (Å²) in [6, 6.07) is 6.82. The number of halogens is 2. The van der Waals surface area contributed by atoms with Gasteiger partial charge in [0.2, 0.25) is 17.8 Å². The van der Waals surface area contributed by atoms with E-state index in [0.717, 1.165) is 0 Å². The van der Waals surface area contributed by atoms with Crippen LogP contribution in [0.3, 0.4) is 0 Å². The van der Waals surface area contributed by atoms with E-state index in [1.807, 2.05) is 0 Å². The van der Waals surface area contributed by atoms with E-state index in [1.54, 1.807) is 23.1 Å². The van der Waals surface area contributed by atoms with Crippen molar-refractivity contribution in [1.29, 1.82) is 0 Å². The van der Waals surface area contributed by atoms with Crippen molar-refractivity contribution < 1.29 is 14.0 Å².